The number of nitrogens with one attached hydrogen (secondary N) is 1. The van der Waals surface area contributed by atoms with Crippen molar-refractivity contribution in [2.45, 2.75) is 41.6 Å². The maximum absolute atomic E-state index is 13.5. The predicted molar refractivity (Wildman–Crippen MR) is 130 cm³/mol. The Hall–Kier alpha value is -3.09. The van der Waals surface area contributed by atoms with E-state index in [-0.39, 0.29) is 16.5 Å². The summed E-state index contributed by atoms with van der Waals surface area (Å²) in [6.45, 7) is 3.54. The number of carboxylic acids is 1. The number of benzene rings is 3. The summed E-state index contributed by atoms with van der Waals surface area (Å²) in [6.07, 6.45) is 0. The van der Waals surface area contributed by atoms with Gasteiger partial charge in [0.1, 0.15) is 17.0 Å². The molecule has 33 heavy (non-hydrogen) atoms. The molecule has 2 N–H and O–H groups in total. The summed E-state index contributed by atoms with van der Waals surface area (Å²) in [6, 6.07) is 29.8. The number of rotatable bonds is 6. The Morgan fingerprint density at radius 1 is 0.909 bits per heavy atom. The molecule has 3 aromatic carbocycles. The first-order chi connectivity index (χ1) is 15.9. The quantitative estimate of drug-likeness (QED) is 0.430. The minimum atomic E-state index is -1.21. The normalized spacial score (nSPS) is 26.5. The Labute approximate surface area is 197 Å². The molecule has 0 radical (unpaired) electrons. The van der Waals surface area contributed by atoms with Gasteiger partial charge in [0, 0.05) is 5.25 Å². The fourth-order valence-electron chi connectivity index (χ4n) is 5.09. The van der Waals surface area contributed by atoms with Crippen molar-refractivity contribution in [3.63, 3.8) is 0 Å². The SMILES string of the molecule is CC1SC2C(NC(c3ccccc3)(c3ccccc3)c3ccccc3)C(=O)N2C1(C)C(=O)O. The van der Waals surface area contributed by atoms with Gasteiger partial charge in [-0.05, 0) is 23.6 Å². The van der Waals surface area contributed by atoms with E-state index in [0.29, 0.717) is 0 Å². The van der Waals surface area contributed by atoms with E-state index < -0.39 is 23.1 Å². The third-order valence-electron chi connectivity index (χ3n) is 7.10. The van der Waals surface area contributed by atoms with Gasteiger partial charge in [-0.2, -0.15) is 0 Å². The molecule has 0 aliphatic carbocycles. The Balaban J connectivity index is 1.65. The van der Waals surface area contributed by atoms with E-state index in [9.17, 15) is 14.7 Å². The smallest absolute Gasteiger partial charge is 0.330 e. The lowest BCUT2D eigenvalue weighted by Gasteiger charge is -2.51. The molecule has 2 heterocycles. The average molecular weight is 459 g/mol. The van der Waals surface area contributed by atoms with E-state index in [0.717, 1.165) is 16.7 Å². The monoisotopic (exact) mass is 458 g/mol. The first-order valence-corrected chi connectivity index (χ1v) is 12.0. The number of carboxylic acid groups (broad SMARTS) is 1. The van der Waals surface area contributed by atoms with Crippen LogP contribution in [0.1, 0.15) is 30.5 Å². The standard InChI is InChI=1S/C27H26N2O3S/c1-18-26(2,25(31)32)29-23(30)22(24(29)33-18)28-27(19-12-6-3-7-13-19,20-14-8-4-9-15-20)21-16-10-5-11-17-21/h3-18,22,24,28H,1-2H3,(H,31,32). The molecule has 2 aliphatic rings. The summed E-state index contributed by atoms with van der Waals surface area (Å²) in [5.74, 6) is -1.13. The van der Waals surface area contributed by atoms with Gasteiger partial charge in [0.05, 0.1) is 5.54 Å². The van der Waals surface area contributed by atoms with Crippen LogP contribution in [0.15, 0.2) is 91.0 Å². The van der Waals surface area contributed by atoms with Crippen molar-refractivity contribution in [3.05, 3.63) is 108 Å². The van der Waals surface area contributed by atoms with E-state index in [1.165, 1.54) is 0 Å². The first-order valence-electron chi connectivity index (χ1n) is 11.1. The molecule has 0 saturated carbocycles. The summed E-state index contributed by atoms with van der Waals surface area (Å²) in [4.78, 5) is 27.1. The maximum atomic E-state index is 13.5. The van der Waals surface area contributed by atoms with Gasteiger partial charge in [0.15, 0.2) is 0 Å². The fraction of sp³-hybridized carbons (Fsp3) is 0.259. The fourth-order valence-corrected chi connectivity index (χ4v) is 6.78. The maximum Gasteiger partial charge on any atom is 0.330 e. The van der Waals surface area contributed by atoms with Crippen LogP contribution in [0.3, 0.4) is 0 Å². The Kier molecular flexibility index (Phi) is 5.30. The van der Waals surface area contributed by atoms with E-state index in [1.807, 2.05) is 61.5 Å². The molecule has 0 bridgehead atoms. The highest BCUT2D eigenvalue weighted by Crippen LogP contribution is 2.51. The Bertz CT molecular complexity index is 1080. The third-order valence-corrected chi connectivity index (χ3v) is 8.73. The minimum Gasteiger partial charge on any atom is -0.479 e. The van der Waals surface area contributed by atoms with E-state index in [4.69, 9.17) is 0 Å². The van der Waals surface area contributed by atoms with Crippen LogP contribution < -0.4 is 5.32 Å². The molecular weight excluding hydrogens is 432 g/mol. The van der Waals surface area contributed by atoms with Gasteiger partial charge >= 0.3 is 5.97 Å². The number of nitrogens with zero attached hydrogens (tertiary/aromatic N) is 1. The van der Waals surface area contributed by atoms with Gasteiger partial charge in [0.25, 0.3) is 0 Å². The van der Waals surface area contributed by atoms with Gasteiger partial charge in [-0.15, -0.1) is 11.8 Å². The van der Waals surface area contributed by atoms with Gasteiger partial charge in [-0.3, -0.25) is 10.1 Å². The van der Waals surface area contributed by atoms with Crippen LogP contribution in [-0.2, 0) is 15.1 Å². The minimum absolute atomic E-state index is 0.172. The van der Waals surface area contributed by atoms with E-state index >= 15 is 0 Å². The number of carbonyl (C=O) groups excluding carboxylic acids is 1. The molecule has 2 fully saturated rings. The molecule has 4 unspecified atom stereocenters. The molecule has 2 aliphatic heterocycles. The number of thioether (sulfide) groups is 1. The lowest BCUT2D eigenvalue weighted by atomic mass is 9.75. The number of carbonyl (C=O) groups is 2. The van der Waals surface area contributed by atoms with Gasteiger partial charge < -0.3 is 10.0 Å². The van der Waals surface area contributed by atoms with Crippen LogP contribution in [0.5, 0.6) is 0 Å². The van der Waals surface area contributed by atoms with Crippen LogP contribution in [0.4, 0.5) is 0 Å². The van der Waals surface area contributed by atoms with Crippen molar-refractivity contribution in [2.75, 3.05) is 0 Å². The zero-order valence-electron chi connectivity index (χ0n) is 18.5. The number of β-lactam (4-membered cyclic amide) rings is 1. The van der Waals surface area contributed by atoms with Crippen molar-refractivity contribution in [1.29, 1.82) is 0 Å². The topological polar surface area (TPSA) is 69.6 Å². The zero-order chi connectivity index (χ0) is 23.2. The molecule has 5 nitrogen and oxygen atoms in total. The lowest BCUT2D eigenvalue weighted by molar-refractivity contribution is -0.168. The van der Waals surface area contributed by atoms with E-state index in [1.54, 1.807) is 23.6 Å². The molecule has 1 amide bonds. The number of hydrogen-bond donors (Lipinski definition) is 2. The van der Waals surface area contributed by atoms with Crippen LogP contribution in [0, 0.1) is 0 Å². The molecule has 3 aromatic rings. The highest BCUT2D eigenvalue weighted by Gasteiger charge is 2.67. The highest BCUT2D eigenvalue weighted by atomic mass is 32.2. The summed E-state index contributed by atoms with van der Waals surface area (Å²) < 4.78 is 0. The largest absolute Gasteiger partial charge is 0.479 e. The van der Waals surface area contributed by atoms with Crippen LogP contribution in [-0.4, -0.2) is 44.1 Å². The molecule has 4 atom stereocenters. The van der Waals surface area contributed by atoms with Crippen molar-refractivity contribution < 1.29 is 14.7 Å². The highest BCUT2D eigenvalue weighted by molar-refractivity contribution is 8.01. The number of fused-ring (bicyclic) bond motifs is 1. The third kappa shape index (κ3) is 3.12. The Morgan fingerprint density at radius 3 is 1.73 bits per heavy atom. The van der Waals surface area contributed by atoms with Gasteiger partial charge in [0.2, 0.25) is 5.91 Å². The molecule has 0 spiro atoms. The molecule has 0 aromatic heterocycles. The van der Waals surface area contributed by atoms with Crippen LogP contribution in [0.2, 0.25) is 0 Å². The molecule has 6 heteroatoms. The molecular formula is C27H26N2O3S. The summed E-state index contributed by atoms with van der Waals surface area (Å²) >= 11 is 1.55. The Morgan fingerprint density at radius 2 is 1.33 bits per heavy atom. The van der Waals surface area contributed by atoms with Crippen LogP contribution >= 0.6 is 11.8 Å². The summed E-state index contributed by atoms with van der Waals surface area (Å²) in [5, 5.41) is 13.2. The second kappa shape index (κ2) is 8.04. The van der Waals surface area contributed by atoms with Gasteiger partial charge in [-0.25, -0.2) is 4.79 Å². The van der Waals surface area contributed by atoms with Crippen molar-refractivity contribution in [3.8, 4) is 0 Å². The van der Waals surface area contributed by atoms with Gasteiger partial charge in [-0.1, -0.05) is 97.9 Å². The number of hydrogen-bond acceptors (Lipinski definition) is 4. The van der Waals surface area contributed by atoms with Crippen molar-refractivity contribution in [1.82, 2.24) is 10.2 Å². The second-order valence-electron chi connectivity index (χ2n) is 8.80. The molecule has 2 saturated heterocycles. The van der Waals surface area contributed by atoms with Crippen molar-refractivity contribution in [2.24, 2.45) is 0 Å². The number of amides is 1. The predicted octanol–water partition coefficient (Wildman–Crippen LogP) is 4.08. The lowest BCUT2D eigenvalue weighted by Crippen LogP contribution is -2.75. The first kappa shape index (κ1) is 21.7. The molecule has 168 valence electrons. The second-order valence-corrected chi connectivity index (χ2v) is 10.3. The van der Waals surface area contributed by atoms with Crippen molar-refractivity contribution >= 4 is 23.6 Å². The average Bonchev–Trinajstić information content (AvgIpc) is 3.10. The summed E-state index contributed by atoms with van der Waals surface area (Å²) in [5.41, 5.74) is 1.07. The molecule has 5 rings (SSSR count). The van der Waals surface area contributed by atoms with E-state index in [2.05, 4.69) is 41.7 Å². The van der Waals surface area contributed by atoms with Crippen LogP contribution in [0.25, 0.3) is 0 Å². The zero-order valence-corrected chi connectivity index (χ0v) is 19.3. The number of aliphatic carboxylic acids is 1. The summed E-state index contributed by atoms with van der Waals surface area (Å²) in [7, 11) is 0.